The summed E-state index contributed by atoms with van der Waals surface area (Å²) in [6.07, 6.45) is 0. The molecule has 150 valence electrons. The number of aromatic nitrogens is 1. The van der Waals surface area contributed by atoms with Crippen LogP contribution in [0.25, 0.3) is 22.0 Å². The van der Waals surface area contributed by atoms with Crippen molar-refractivity contribution in [3.63, 3.8) is 0 Å². The number of para-hydroxylation sites is 2. The Bertz CT molecular complexity index is 1360. The Hall–Kier alpha value is -3.96. The lowest BCUT2D eigenvalue weighted by Crippen LogP contribution is -2.12. The molecule has 0 aliphatic carbocycles. The van der Waals surface area contributed by atoms with Gasteiger partial charge in [0.25, 0.3) is 5.91 Å². The van der Waals surface area contributed by atoms with Crippen LogP contribution in [0.1, 0.15) is 10.4 Å². The highest BCUT2D eigenvalue weighted by atomic mass is 32.1. The molecule has 5 rings (SSSR count). The number of hydrogen-bond acceptors (Lipinski definition) is 4. The third-order valence-corrected chi connectivity index (χ3v) is 5.63. The molecule has 4 nitrogen and oxygen atoms in total. The third-order valence-electron chi connectivity index (χ3n) is 4.87. The summed E-state index contributed by atoms with van der Waals surface area (Å²) in [5.41, 5.74) is 2.30. The number of anilines is 1. The van der Waals surface area contributed by atoms with Crippen molar-refractivity contribution in [2.45, 2.75) is 0 Å². The second-order valence-electron chi connectivity index (χ2n) is 6.97. The molecule has 0 saturated heterocycles. The number of rotatable bonds is 5. The monoisotopic (exact) mass is 422 g/mol. The minimum atomic E-state index is -0.258. The first-order chi connectivity index (χ1) is 15.3. The number of hydrogen-bond donors (Lipinski definition) is 1. The maximum absolute atomic E-state index is 12.9. The van der Waals surface area contributed by atoms with Gasteiger partial charge in [-0.1, -0.05) is 66.7 Å². The summed E-state index contributed by atoms with van der Waals surface area (Å²) in [5.74, 6) is 0.916. The zero-order valence-electron chi connectivity index (χ0n) is 16.5. The first kappa shape index (κ1) is 19.0. The maximum atomic E-state index is 12.9. The van der Waals surface area contributed by atoms with Crippen LogP contribution in [0.2, 0.25) is 0 Å². The second-order valence-corrected chi connectivity index (χ2v) is 7.82. The molecule has 0 fully saturated rings. The van der Waals surface area contributed by atoms with E-state index < -0.39 is 0 Å². The van der Waals surface area contributed by atoms with Crippen molar-refractivity contribution in [1.29, 1.82) is 0 Å². The fourth-order valence-corrected chi connectivity index (χ4v) is 4.05. The van der Waals surface area contributed by atoms with E-state index in [4.69, 9.17) is 4.74 Å². The van der Waals surface area contributed by atoms with Crippen LogP contribution in [0.15, 0.2) is 102 Å². The first-order valence-corrected chi connectivity index (χ1v) is 10.7. The summed E-state index contributed by atoms with van der Waals surface area (Å²) < 4.78 is 5.91. The van der Waals surface area contributed by atoms with Gasteiger partial charge in [0.15, 0.2) is 5.13 Å². The van der Waals surface area contributed by atoms with Gasteiger partial charge in [-0.2, -0.15) is 0 Å². The van der Waals surface area contributed by atoms with Crippen LogP contribution in [0.3, 0.4) is 0 Å². The molecule has 5 heteroatoms. The minimum Gasteiger partial charge on any atom is -0.457 e. The fourth-order valence-electron chi connectivity index (χ4n) is 3.34. The van der Waals surface area contributed by atoms with E-state index in [1.54, 1.807) is 12.1 Å². The Kier molecular flexibility index (Phi) is 5.17. The number of thiazole rings is 1. The molecular formula is C26H18N2O2S. The van der Waals surface area contributed by atoms with Crippen LogP contribution in [-0.4, -0.2) is 10.9 Å². The predicted octanol–water partition coefficient (Wildman–Crippen LogP) is 7.01. The third kappa shape index (κ3) is 4.17. The Morgan fingerprint density at radius 3 is 2.42 bits per heavy atom. The number of amides is 1. The Morgan fingerprint density at radius 1 is 0.806 bits per heavy atom. The van der Waals surface area contributed by atoms with Gasteiger partial charge < -0.3 is 4.74 Å². The van der Waals surface area contributed by atoms with E-state index in [9.17, 15) is 4.79 Å². The van der Waals surface area contributed by atoms with Gasteiger partial charge in [0, 0.05) is 10.9 Å². The molecule has 1 N–H and O–H groups in total. The summed E-state index contributed by atoms with van der Waals surface area (Å²) >= 11 is 1.40. The van der Waals surface area contributed by atoms with E-state index in [1.165, 1.54) is 16.7 Å². The van der Waals surface area contributed by atoms with Gasteiger partial charge in [-0.05, 0) is 41.1 Å². The molecule has 0 radical (unpaired) electrons. The van der Waals surface area contributed by atoms with Gasteiger partial charge in [0.2, 0.25) is 0 Å². The van der Waals surface area contributed by atoms with E-state index in [0.29, 0.717) is 22.2 Å². The van der Waals surface area contributed by atoms with Gasteiger partial charge in [-0.25, -0.2) is 4.98 Å². The van der Waals surface area contributed by atoms with Crippen molar-refractivity contribution in [3.8, 4) is 22.8 Å². The van der Waals surface area contributed by atoms with Crippen LogP contribution in [0.5, 0.6) is 11.5 Å². The van der Waals surface area contributed by atoms with Gasteiger partial charge >= 0.3 is 0 Å². The van der Waals surface area contributed by atoms with Crippen molar-refractivity contribution in [2.75, 3.05) is 5.32 Å². The number of fused-ring (bicyclic) bond motifs is 1. The molecule has 0 spiro atoms. The quantitative estimate of drug-likeness (QED) is 0.331. The van der Waals surface area contributed by atoms with Crippen molar-refractivity contribution in [2.24, 2.45) is 0 Å². The molecule has 0 atom stereocenters. The molecule has 0 aliphatic rings. The number of ether oxygens (including phenoxy) is 1. The average Bonchev–Trinajstić information content (AvgIpc) is 3.28. The molecule has 0 aliphatic heterocycles. The predicted molar refractivity (Wildman–Crippen MR) is 126 cm³/mol. The topological polar surface area (TPSA) is 51.2 Å². The normalized spacial score (nSPS) is 10.7. The smallest absolute Gasteiger partial charge is 0.261 e. The minimum absolute atomic E-state index is 0.258. The lowest BCUT2D eigenvalue weighted by atomic mass is 10.1. The Balaban J connectivity index is 1.36. The largest absolute Gasteiger partial charge is 0.457 e. The molecular weight excluding hydrogens is 404 g/mol. The molecule has 0 bridgehead atoms. The van der Waals surface area contributed by atoms with E-state index >= 15 is 0 Å². The lowest BCUT2D eigenvalue weighted by Gasteiger charge is -2.10. The molecule has 0 unspecified atom stereocenters. The molecule has 0 saturated carbocycles. The average molecular weight is 423 g/mol. The molecule has 31 heavy (non-hydrogen) atoms. The Morgan fingerprint density at radius 2 is 1.55 bits per heavy atom. The SMILES string of the molecule is O=C(Nc1nc(-c2ccc3ccccc3c2)cs1)c1ccccc1Oc1ccccc1. The van der Waals surface area contributed by atoms with Crippen LogP contribution in [0.4, 0.5) is 5.13 Å². The van der Waals surface area contributed by atoms with E-state index in [2.05, 4.69) is 34.6 Å². The molecule has 4 aromatic carbocycles. The van der Waals surface area contributed by atoms with Gasteiger partial charge in [-0.3, -0.25) is 10.1 Å². The summed E-state index contributed by atoms with van der Waals surface area (Å²) in [7, 11) is 0. The Labute approximate surface area is 183 Å². The number of nitrogens with zero attached hydrogens (tertiary/aromatic N) is 1. The van der Waals surface area contributed by atoms with Gasteiger partial charge in [-0.15, -0.1) is 11.3 Å². The van der Waals surface area contributed by atoms with Crippen molar-refractivity contribution >= 4 is 33.1 Å². The maximum Gasteiger partial charge on any atom is 0.261 e. The lowest BCUT2D eigenvalue weighted by molar-refractivity contribution is 0.102. The van der Waals surface area contributed by atoms with Gasteiger partial charge in [0.05, 0.1) is 11.3 Å². The molecule has 5 aromatic rings. The number of nitrogens with one attached hydrogen (secondary N) is 1. The number of carbonyl (C=O) groups excluding carboxylic acids is 1. The summed E-state index contributed by atoms with van der Waals surface area (Å²) in [6.45, 7) is 0. The van der Waals surface area contributed by atoms with Crippen molar-refractivity contribution in [3.05, 3.63) is 108 Å². The van der Waals surface area contributed by atoms with Crippen LogP contribution in [0, 0.1) is 0 Å². The summed E-state index contributed by atoms with van der Waals surface area (Å²) in [6, 6.07) is 31.0. The molecule has 1 heterocycles. The van der Waals surface area contributed by atoms with Crippen LogP contribution in [-0.2, 0) is 0 Å². The zero-order chi connectivity index (χ0) is 21.0. The van der Waals surface area contributed by atoms with E-state index in [1.807, 2.05) is 66.0 Å². The van der Waals surface area contributed by atoms with E-state index in [0.717, 1.165) is 16.6 Å². The second kappa shape index (κ2) is 8.42. The highest BCUT2D eigenvalue weighted by molar-refractivity contribution is 7.14. The summed E-state index contributed by atoms with van der Waals surface area (Å²) in [4.78, 5) is 17.5. The first-order valence-electron chi connectivity index (χ1n) is 9.84. The van der Waals surface area contributed by atoms with Crippen molar-refractivity contribution < 1.29 is 9.53 Å². The zero-order valence-corrected chi connectivity index (χ0v) is 17.3. The van der Waals surface area contributed by atoms with Crippen molar-refractivity contribution in [1.82, 2.24) is 4.98 Å². The number of benzene rings is 4. The van der Waals surface area contributed by atoms with Crippen LogP contribution < -0.4 is 10.1 Å². The van der Waals surface area contributed by atoms with Gasteiger partial charge in [0.1, 0.15) is 11.5 Å². The molecule has 1 aromatic heterocycles. The highest BCUT2D eigenvalue weighted by Gasteiger charge is 2.15. The van der Waals surface area contributed by atoms with Crippen LogP contribution >= 0.6 is 11.3 Å². The summed E-state index contributed by atoms with van der Waals surface area (Å²) in [5, 5.41) is 7.74. The fraction of sp³-hybridized carbons (Fsp3) is 0. The van der Waals surface area contributed by atoms with E-state index in [-0.39, 0.29) is 5.91 Å². The number of carbonyl (C=O) groups is 1. The standard InChI is InChI=1S/C26H18N2O2S/c29-25(22-12-6-7-13-24(22)30-21-10-2-1-3-11-21)28-26-27-23(17-31-26)20-15-14-18-8-4-5-9-19(18)16-20/h1-17H,(H,27,28,29). The molecule has 1 amide bonds. The highest BCUT2D eigenvalue weighted by Crippen LogP contribution is 2.29.